The smallest absolute Gasteiger partial charge is 0.263 e. The fraction of sp³-hybridized carbons (Fsp3) is 0.167. The first-order valence-electron chi connectivity index (χ1n) is 8.07. The summed E-state index contributed by atoms with van der Waals surface area (Å²) in [4.78, 5) is 13.2. The second-order valence-corrected chi connectivity index (χ2v) is 5.59. The summed E-state index contributed by atoms with van der Waals surface area (Å²) in [6.45, 7) is 1.51. The number of carbonyl (C=O) groups is 1. The number of ether oxygens (including phenoxy) is 1. The average molecular weight is 368 g/mol. The van der Waals surface area contributed by atoms with Gasteiger partial charge in [0.2, 0.25) is 5.82 Å². The van der Waals surface area contributed by atoms with Gasteiger partial charge in [0.25, 0.3) is 5.91 Å². The Labute approximate surface area is 154 Å². The largest absolute Gasteiger partial charge is 0.494 e. The Morgan fingerprint density at radius 2 is 2.04 bits per heavy atom. The van der Waals surface area contributed by atoms with Crippen molar-refractivity contribution in [3.63, 3.8) is 0 Å². The third-order valence-electron chi connectivity index (χ3n) is 3.69. The number of nitrogens with one attached hydrogen (secondary N) is 1. The molecule has 138 valence electrons. The molecule has 0 aliphatic heterocycles. The Kier molecular flexibility index (Phi) is 5.50. The van der Waals surface area contributed by atoms with Crippen LogP contribution in [0.25, 0.3) is 11.4 Å². The maximum absolute atomic E-state index is 13.7. The van der Waals surface area contributed by atoms with E-state index in [9.17, 15) is 9.18 Å². The molecule has 8 nitrogen and oxygen atoms in total. The second kappa shape index (κ2) is 8.17. The van der Waals surface area contributed by atoms with Gasteiger partial charge in [-0.1, -0.05) is 30.3 Å². The summed E-state index contributed by atoms with van der Waals surface area (Å²) in [5, 5.41) is 15.9. The molecule has 0 saturated heterocycles. The van der Waals surface area contributed by atoms with Crippen LogP contribution in [0.1, 0.15) is 12.5 Å². The second-order valence-electron chi connectivity index (χ2n) is 5.59. The minimum Gasteiger partial charge on any atom is -0.494 e. The molecule has 9 heteroatoms. The average Bonchev–Trinajstić information content (AvgIpc) is 3.15. The summed E-state index contributed by atoms with van der Waals surface area (Å²) in [5.41, 5.74) is 4.17. The van der Waals surface area contributed by atoms with Crippen molar-refractivity contribution < 1.29 is 13.9 Å². The topological polar surface area (TPSA) is 94.3 Å². The molecular weight excluding hydrogens is 351 g/mol. The van der Waals surface area contributed by atoms with Crippen LogP contribution in [0.15, 0.2) is 53.6 Å². The third-order valence-corrected chi connectivity index (χ3v) is 3.69. The summed E-state index contributed by atoms with van der Waals surface area (Å²) in [6, 6.07) is 13.7. The zero-order valence-corrected chi connectivity index (χ0v) is 14.8. The highest BCUT2D eigenvalue weighted by Crippen LogP contribution is 2.18. The van der Waals surface area contributed by atoms with E-state index in [-0.39, 0.29) is 12.3 Å². The molecule has 0 atom stereocenters. The van der Waals surface area contributed by atoms with Gasteiger partial charge in [0.1, 0.15) is 6.54 Å². The van der Waals surface area contributed by atoms with Gasteiger partial charge in [0.15, 0.2) is 11.6 Å². The number of rotatable bonds is 6. The summed E-state index contributed by atoms with van der Waals surface area (Å²) in [6.07, 6.45) is 0. The van der Waals surface area contributed by atoms with E-state index in [1.54, 1.807) is 13.0 Å². The van der Waals surface area contributed by atoms with E-state index < -0.39 is 11.7 Å². The maximum atomic E-state index is 13.7. The molecular formula is C18H17FN6O2. The Balaban J connectivity index is 1.62. The lowest BCUT2D eigenvalue weighted by Gasteiger charge is -2.05. The highest BCUT2D eigenvalue weighted by atomic mass is 19.1. The first-order valence-corrected chi connectivity index (χ1v) is 8.07. The van der Waals surface area contributed by atoms with E-state index in [0.29, 0.717) is 17.1 Å². The van der Waals surface area contributed by atoms with Gasteiger partial charge in [-0.15, -0.1) is 10.2 Å². The van der Waals surface area contributed by atoms with Crippen molar-refractivity contribution in [1.29, 1.82) is 0 Å². The predicted octanol–water partition coefficient (Wildman–Crippen LogP) is 2.03. The number of carbonyl (C=O) groups excluding carboxylic acids is 1. The molecule has 1 heterocycles. The van der Waals surface area contributed by atoms with Gasteiger partial charge in [0.05, 0.1) is 12.8 Å². The van der Waals surface area contributed by atoms with E-state index in [1.165, 1.54) is 24.0 Å². The number of hydrogen-bond acceptors (Lipinski definition) is 6. The van der Waals surface area contributed by atoms with Crippen LogP contribution in [-0.4, -0.2) is 38.9 Å². The van der Waals surface area contributed by atoms with Crippen LogP contribution in [0.3, 0.4) is 0 Å². The molecule has 1 amide bonds. The fourth-order valence-electron chi connectivity index (χ4n) is 2.28. The van der Waals surface area contributed by atoms with E-state index in [4.69, 9.17) is 4.74 Å². The zero-order chi connectivity index (χ0) is 19.2. The lowest BCUT2D eigenvalue weighted by atomic mass is 10.1. The lowest BCUT2D eigenvalue weighted by molar-refractivity contribution is -0.122. The Morgan fingerprint density at radius 3 is 2.74 bits per heavy atom. The summed E-state index contributed by atoms with van der Waals surface area (Å²) in [7, 11) is 1.39. The first kappa shape index (κ1) is 18.2. The van der Waals surface area contributed by atoms with E-state index >= 15 is 0 Å². The number of tetrazole rings is 1. The van der Waals surface area contributed by atoms with Crippen molar-refractivity contribution >= 4 is 11.6 Å². The number of hydrazone groups is 1. The number of aromatic nitrogens is 4. The molecule has 0 unspecified atom stereocenters. The van der Waals surface area contributed by atoms with Crippen LogP contribution in [-0.2, 0) is 11.3 Å². The number of nitrogens with zero attached hydrogens (tertiary/aromatic N) is 5. The Morgan fingerprint density at radius 1 is 1.26 bits per heavy atom. The van der Waals surface area contributed by atoms with Gasteiger partial charge in [-0.2, -0.15) is 9.90 Å². The number of hydrogen-bond donors (Lipinski definition) is 1. The predicted molar refractivity (Wildman–Crippen MR) is 96.6 cm³/mol. The number of amides is 1. The van der Waals surface area contributed by atoms with Gasteiger partial charge in [-0.05, 0) is 30.3 Å². The Hall–Kier alpha value is -3.62. The maximum Gasteiger partial charge on any atom is 0.263 e. The molecule has 27 heavy (non-hydrogen) atoms. The summed E-state index contributed by atoms with van der Waals surface area (Å²) >= 11 is 0. The molecule has 0 spiro atoms. The van der Waals surface area contributed by atoms with Crippen molar-refractivity contribution in [2.24, 2.45) is 5.10 Å². The molecule has 1 aromatic heterocycles. The quantitative estimate of drug-likeness (QED) is 0.531. The Bertz CT molecular complexity index is 971. The van der Waals surface area contributed by atoms with E-state index in [2.05, 4.69) is 25.9 Å². The van der Waals surface area contributed by atoms with Crippen molar-refractivity contribution in [2.45, 2.75) is 13.5 Å². The number of halogens is 1. The van der Waals surface area contributed by atoms with E-state index in [0.717, 1.165) is 5.56 Å². The molecule has 3 rings (SSSR count). The normalized spacial score (nSPS) is 11.3. The molecule has 0 radical (unpaired) electrons. The molecule has 0 saturated carbocycles. The highest BCUT2D eigenvalue weighted by molar-refractivity contribution is 5.99. The van der Waals surface area contributed by atoms with Crippen LogP contribution in [0.5, 0.6) is 5.75 Å². The van der Waals surface area contributed by atoms with Crippen molar-refractivity contribution in [3.05, 3.63) is 59.9 Å². The third kappa shape index (κ3) is 4.51. The summed E-state index contributed by atoms with van der Waals surface area (Å²) < 4.78 is 18.6. The molecule has 0 bridgehead atoms. The molecule has 0 fully saturated rings. The number of methoxy groups -OCH3 is 1. The molecule has 3 aromatic rings. The fourth-order valence-corrected chi connectivity index (χ4v) is 2.28. The lowest BCUT2D eigenvalue weighted by Crippen LogP contribution is -2.25. The highest BCUT2D eigenvalue weighted by Gasteiger charge is 2.10. The molecule has 2 aromatic carbocycles. The van der Waals surface area contributed by atoms with Crippen LogP contribution in [0.4, 0.5) is 4.39 Å². The van der Waals surface area contributed by atoms with Crippen LogP contribution in [0, 0.1) is 5.82 Å². The van der Waals surface area contributed by atoms with Crippen molar-refractivity contribution in [2.75, 3.05) is 7.11 Å². The summed E-state index contributed by atoms with van der Waals surface area (Å²) in [5.74, 6) is -0.365. The first-order chi connectivity index (χ1) is 13.1. The number of benzene rings is 2. The van der Waals surface area contributed by atoms with Crippen LogP contribution < -0.4 is 10.2 Å². The molecule has 0 aliphatic carbocycles. The van der Waals surface area contributed by atoms with Crippen LogP contribution in [0.2, 0.25) is 0 Å². The minimum absolute atomic E-state index is 0.141. The van der Waals surface area contributed by atoms with Crippen molar-refractivity contribution in [1.82, 2.24) is 25.6 Å². The monoisotopic (exact) mass is 368 g/mol. The van der Waals surface area contributed by atoms with Gasteiger partial charge >= 0.3 is 0 Å². The van der Waals surface area contributed by atoms with Gasteiger partial charge in [-0.3, -0.25) is 4.79 Å². The molecule has 0 aliphatic rings. The van der Waals surface area contributed by atoms with Gasteiger partial charge < -0.3 is 4.74 Å². The van der Waals surface area contributed by atoms with Crippen LogP contribution >= 0.6 is 0 Å². The molecule has 1 N–H and O–H groups in total. The van der Waals surface area contributed by atoms with Crippen molar-refractivity contribution in [3.8, 4) is 17.1 Å². The van der Waals surface area contributed by atoms with Gasteiger partial charge in [-0.25, -0.2) is 9.82 Å². The standard InChI is InChI=1S/C18H17FN6O2/c1-12(14-8-9-16(27-2)15(19)10-14)20-21-17(26)11-25-23-18(22-24-25)13-6-4-3-5-7-13/h3-10H,11H2,1-2H3,(H,21,26)/b20-12-. The zero-order valence-electron chi connectivity index (χ0n) is 14.8. The SMILES string of the molecule is COc1ccc(/C(C)=N\NC(=O)Cn2nnc(-c3ccccc3)n2)cc1F. The van der Waals surface area contributed by atoms with E-state index in [1.807, 2.05) is 30.3 Å². The van der Waals surface area contributed by atoms with Gasteiger partial charge in [0, 0.05) is 11.1 Å². The minimum atomic E-state index is -0.504.